The summed E-state index contributed by atoms with van der Waals surface area (Å²) in [4.78, 5) is 13.5. The molecular formula is C13H19N3O2. The first-order chi connectivity index (χ1) is 8.63. The van der Waals surface area contributed by atoms with Crippen molar-refractivity contribution in [2.24, 2.45) is 0 Å². The third kappa shape index (κ3) is 2.34. The number of anilines is 2. The van der Waals surface area contributed by atoms with E-state index in [1.165, 1.54) is 0 Å². The molecule has 0 spiro atoms. The monoisotopic (exact) mass is 249 g/mol. The van der Waals surface area contributed by atoms with Crippen molar-refractivity contribution in [3.05, 3.63) is 18.2 Å². The maximum Gasteiger partial charge on any atom is 0.244 e. The minimum Gasteiger partial charge on any atom is -0.492 e. The zero-order chi connectivity index (χ0) is 13.1. The van der Waals surface area contributed by atoms with Crippen LogP contribution in [0.2, 0.25) is 0 Å². The molecule has 1 aromatic rings. The molecule has 1 aliphatic rings. The minimum absolute atomic E-state index is 0.108. The van der Waals surface area contributed by atoms with Crippen molar-refractivity contribution >= 4 is 17.3 Å². The van der Waals surface area contributed by atoms with Crippen LogP contribution in [-0.2, 0) is 4.79 Å². The van der Waals surface area contributed by atoms with E-state index in [2.05, 4.69) is 5.32 Å². The first kappa shape index (κ1) is 12.5. The normalized spacial score (nSPS) is 19.1. The number of nitrogens with two attached hydrogens (primary N) is 1. The molecule has 0 radical (unpaired) electrons. The summed E-state index contributed by atoms with van der Waals surface area (Å²) in [5, 5.41) is 3.19. The Kier molecular flexibility index (Phi) is 3.60. The zero-order valence-electron chi connectivity index (χ0n) is 10.8. The fourth-order valence-corrected chi connectivity index (χ4v) is 2.10. The van der Waals surface area contributed by atoms with Gasteiger partial charge < -0.3 is 20.7 Å². The lowest BCUT2D eigenvalue weighted by Crippen LogP contribution is -2.31. The molecule has 1 aromatic carbocycles. The Morgan fingerprint density at radius 3 is 2.94 bits per heavy atom. The van der Waals surface area contributed by atoms with Gasteiger partial charge in [-0.1, -0.05) is 6.07 Å². The quantitative estimate of drug-likeness (QED) is 0.789. The van der Waals surface area contributed by atoms with E-state index in [-0.39, 0.29) is 11.9 Å². The minimum atomic E-state index is -0.186. The summed E-state index contributed by atoms with van der Waals surface area (Å²) in [6, 6.07) is 5.37. The van der Waals surface area contributed by atoms with Crippen LogP contribution in [-0.4, -0.2) is 37.0 Å². The van der Waals surface area contributed by atoms with Gasteiger partial charge in [-0.3, -0.25) is 4.79 Å². The van der Waals surface area contributed by atoms with Gasteiger partial charge in [0.15, 0.2) is 0 Å². The Morgan fingerprint density at radius 1 is 1.56 bits per heavy atom. The summed E-state index contributed by atoms with van der Waals surface area (Å²) in [5.74, 6) is 0.762. The number of benzene rings is 1. The Balaban J connectivity index is 2.14. The van der Waals surface area contributed by atoms with Gasteiger partial charge in [-0.2, -0.15) is 0 Å². The van der Waals surface area contributed by atoms with Gasteiger partial charge in [0, 0.05) is 13.6 Å². The van der Waals surface area contributed by atoms with Crippen LogP contribution in [0.3, 0.4) is 0 Å². The Bertz CT molecular complexity index is 448. The van der Waals surface area contributed by atoms with Crippen LogP contribution in [0.15, 0.2) is 18.2 Å². The number of amides is 1. The van der Waals surface area contributed by atoms with Crippen molar-refractivity contribution in [3.8, 4) is 5.75 Å². The molecular weight excluding hydrogens is 230 g/mol. The van der Waals surface area contributed by atoms with Crippen LogP contribution >= 0.6 is 0 Å². The molecule has 98 valence electrons. The molecule has 1 heterocycles. The molecule has 5 nitrogen and oxygen atoms in total. The molecule has 1 atom stereocenters. The predicted molar refractivity (Wildman–Crippen MR) is 71.7 cm³/mol. The molecule has 0 aliphatic carbocycles. The number of nitrogens with one attached hydrogen (secondary N) is 1. The van der Waals surface area contributed by atoms with Gasteiger partial charge in [-0.25, -0.2) is 0 Å². The van der Waals surface area contributed by atoms with E-state index < -0.39 is 0 Å². The van der Waals surface area contributed by atoms with Gasteiger partial charge in [-0.05, 0) is 25.5 Å². The highest BCUT2D eigenvalue weighted by Crippen LogP contribution is 2.30. The maximum atomic E-state index is 11.8. The topological polar surface area (TPSA) is 67.6 Å². The summed E-state index contributed by atoms with van der Waals surface area (Å²) in [6.45, 7) is 3.26. The fraction of sp³-hybridized carbons (Fsp3) is 0.462. The van der Waals surface area contributed by atoms with Crippen LogP contribution in [0.4, 0.5) is 11.4 Å². The molecule has 1 aliphatic heterocycles. The van der Waals surface area contributed by atoms with Crippen LogP contribution < -0.4 is 15.8 Å². The van der Waals surface area contributed by atoms with E-state index >= 15 is 0 Å². The number of hydrogen-bond acceptors (Lipinski definition) is 4. The number of carbonyl (C=O) groups excluding carboxylic acids is 1. The van der Waals surface area contributed by atoms with Crippen molar-refractivity contribution in [2.45, 2.75) is 19.4 Å². The van der Waals surface area contributed by atoms with Gasteiger partial charge in [0.1, 0.15) is 11.8 Å². The van der Waals surface area contributed by atoms with Crippen LogP contribution in [0, 0.1) is 0 Å². The number of likely N-dealkylation sites (tertiary alicyclic amines) is 1. The molecule has 1 saturated heterocycles. The second-order valence-corrected chi connectivity index (χ2v) is 4.40. The highest BCUT2D eigenvalue weighted by Gasteiger charge is 2.29. The smallest absolute Gasteiger partial charge is 0.244 e. The SMILES string of the molecule is CCOc1cccc(NC2CCN(C)C2=O)c1N. The molecule has 1 unspecified atom stereocenters. The number of ether oxygens (including phenoxy) is 1. The predicted octanol–water partition coefficient (Wildman–Crippen LogP) is 1.31. The lowest BCUT2D eigenvalue weighted by molar-refractivity contribution is -0.127. The fourth-order valence-electron chi connectivity index (χ4n) is 2.10. The van der Waals surface area contributed by atoms with Gasteiger partial charge in [0.2, 0.25) is 5.91 Å². The standard InChI is InChI=1S/C13H19N3O2/c1-3-18-11-6-4-5-9(12(11)14)15-10-7-8-16(2)13(10)17/h4-6,10,15H,3,7-8,14H2,1-2H3. The van der Waals surface area contributed by atoms with E-state index in [0.29, 0.717) is 18.0 Å². The maximum absolute atomic E-state index is 11.8. The van der Waals surface area contributed by atoms with Crippen molar-refractivity contribution < 1.29 is 9.53 Å². The third-order valence-electron chi connectivity index (χ3n) is 3.12. The average molecular weight is 249 g/mol. The average Bonchev–Trinajstić information content (AvgIpc) is 2.66. The van der Waals surface area contributed by atoms with E-state index in [4.69, 9.17) is 10.5 Å². The number of hydrogen-bond donors (Lipinski definition) is 2. The molecule has 1 fully saturated rings. The van der Waals surface area contributed by atoms with E-state index in [1.54, 1.807) is 4.90 Å². The van der Waals surface area contributed by atoms with Crippen LogP contribution in [0.25, 0.3) is 0 Å². The number of likely N-dealkylation sites (N-methyl/N-ethyl adjacent to an activating group) is 1. The molecule has 18 heavy (non-hydrogen) atoms. The Hall–Kier alpha value is -1.91. The van der Waals surface area contributed by atoms with E-state index in [0.717, 1.165) is 18.7 Å². The summed E-state index contributed by atoms with van der Waals surface area (Å²) in [5.41, 5.74) is 7.33. The van der Waals surface area contributed by atoms with E-state index in [1.807, 2.05) is 32.2 Å². The van der Waals surface area contributed by atoms with Crippen LogP contribution in [0.1, 0.15) is 13.3 Å². The molecule has 0 bridgehead atoms. The first-order valence-corrected chi connectivity index (χ1v) is 6.16. The second-order valence-electron chi connectivity index (χ2n) is 4.40. The lowest BCUT2D eigenvalue weighted by Gasteiger charge is -2.16. The van der Waals surface area contributed by atoms with Gasteiger partial charge in [-0.15, -0.1) is 0 Å². The Labute approximate surface area is 107 Å². The first-order valence-electron chi connectivity index (χ1n) is 6.16. The summed E-state index contributed by atoms with van der Waals surface area (Å²) in [7, 11) is 1.81. The highest BCUT2D eigenvalue weighted by molar-refractivity contribution is 5.88. The molecule has 5 heteroatoms. The molecule has 1 amide bonds. The number of rotatable bonds is 4. The second kappa shape index (κ2) is 5.16. The zero-order valence-corrected chi connectivity index (χ0v) is 10.8. The van der Waals surface area contributed by atoms with Crippen molar-refractivity contribution in [1.29, 1.82) is 0 Å². The molecule has 0 aromatic heterocycles. The lowest BCUT2D eigenvalue weighted by atomic mass is 10.2. The van der Waals surface area contributed by atoms with Gasteiger partial charge in [0.25, 0.3) is 0 Å². The van der Waals surface area contributed by atoms with Crippen molar-refractivity contribution in [3.63, 3.8) is 0 Å². The number of nitrogen functional groups attached to an aromatic ring is 1. The summed E-state index contributed by atoms with van der Waals surface area (Å²) >= 11 is 0. The number of para-hydroxylation sites is 1. The summed E-state index contributed by atoms with van der Waals surface area (Å²) in [6.07, 6.45) is 0.799. The van der Waals surface area contributed by atoms with Crippen LogP contribution in [0.5, 0.6) is 5.75 Å². The third-order valence-corrected chi connectivity index (χ3v) is 3.12. The Morgan fingerprint density at radius 2 is 2.33 bits per heavy atom. The molecule has 3 N–H and O–H groups in total. The molecule has 2 rings (SSSR count). The summed E-state index contributed by atoms with van der Waals surface area (Å²) < 4.78 is 5.43. The molecule has 0 saturated carbocycles. The number of nitrogens with zero attached hydrogens (tertiary/aromatic N) is 1. The van der Waals surface area contributed by atoms with Gasteiger partial charge in [0.05, 0.1) is 18.0 Å². The van der Waals surface area contributed by atoms with Gasteiger partial charge >= 0.3 is 0 Å². The van der Waals surface area contributed by atoms with E-state index in [9.17, 15) is 4.79 Å². The van der Waals surface area contributed by atoms with Crippen molar-refractivity contribution in [1.82, 2.24) is 4.90 Å². The highest BCUT2D eigenvalue weighted by atomic mass is 16.5. The largest absolute Gasteiger partial charge is 0.492 e. The number of carbonyl (C=O) groups is 1. The van der Waals surface area contributed by atoms with Crippen molar-refractivity contribution in [2.75, 3.05) is 31.2 Å².